The molecule has 0 aromatic carbocycles. The number of imidazole rings is 1. The zero-order chi connectivity index (χ0) is 12.5. The zero-order valence-electron chi connectivity index (χ0n) is 11.3. The molecular formula is C13H25N3O. The number of ether oxygens (including phenoxy) is 1. The van der Waals surface area contributed by atoms with Gasteiger partial charge in [0, 0.05) is 25.9 Å². The molecule has 17 heavy (non-hydrogen) atoms. The van der Waals surface area contributed by atoms with E-state index in [0.717, 1.165) is 39.3 Å². The molecule has 0 saturated carbocycles. The Balaban J connectivity index is 2.19. The van der Waals surface area contributed by atoms with Gasteiger partial charge < -0.3 is 14.6 Å². The second-order valence-electron chi connectivity index (χ2n) is 4.65. The van der Waals surface area contributed by atoms with Crippen LogP contribution in [-0.4, -0.2) is 29.3 Å². The lowest BCUT2D eigenvalue weighted by atomic mass is 10.1. The molecule has 0 amide bonds. The first-order chi connectivity index (χ1) is 8.24. The van der Waals surface area contributed by atoms with E-state index < -0.39 is 0 Å². The standard InChI is InChI=1S/C13H25N3O/c1-4-14-9-13-10-15-11-16(13)6-8-17-7-5-12(2)3/h10-12,14H,4-9H2,1-3H3. The Morgan fingerprint density at radius 1 is 1.41 bits per heavy atom. The Morgan fingerprint density at radius 3 is 2.94 bits per heavy atom. The van der Waals surface area contributed by atoms with Crippen LogP contribution in [-0.2, 0) is 17.8 Å². The summed E-state index contributed by atoms with van der Waals surface area (Å²) in [5, 5.41) is 3.31. The van der Waals surface area contributed by atoms with Crippen LogP contribution in [0.3, 0.4) is 0 Å². The molecule has 0 spiro atoms. The van der Waals surface area contributed by atoms with Crippen LogP contribution in [0.4, 0.5) is 0 Å². The molecule has 0 saturated heterocycles. The van der Waals surface area contributed by atoms with Gasteiger partial charge in [-0.2, -0.15) is 0 Å². The first-order valence-corrected chi connectivity index (χ1v) is 6.51. The predicted molar refractivity (Wildman–Crippen MR) is 69.9 cm³/mol. The molecule has 1 heterocycles. The Kier molecular flexibility index (Phi) is 6.89. The van der Waals surface area contributed by atoms with Crippen molar-refractivity contribution in [3.05, 3.63) is 18.2 Å². The normalized spacial score (nSPS) is 11.3. The molecule has 4 nitrogen and oxygen atoms in total. The summed E-state index contributed by atoms with van der Waals surface area (Å²) in [5.74, 6) is 0.715. The molecule has 0 aliphatic carbocycles. The van der Waals surface area contributed by atoms with Crippen LogP contribution in [0.15, 0.2) is 12.5 Å². The van der Waals surface area contributed by atoms with E-state index in [4.69, 9.17) is 4.74 Å². The average molecular weight is 239 g/mol. The van der Waals surface area contributed by atoms with E-state index in [0.29, 0.717) is 5.92 Å². The first kappa shape index (κ1) is 14.2. The summed E-state index contributed by atoms with van der Waals surface area (Å²) in [6, 6.07) is 0. The Morgan fingerprint density at radius 2 is 2.24 bits per heavy atom. The van der Waals surface area contributed by atoms with Gasteiger partial charge in [-0.1, -0.05) is 20.8 Å². The predicted octanol–water partition coefficient (Wildman–Crippen LogP) is 2.06. The fourth-order valence-electron chi connectivity index (χ4n) is 1.53. The summed E-state index contributed by atoms with van der Waals surface area (Å²) in [4.78, 5) is 4.17. The number of nitrogens with zero attached hydrogens (tertiary/aromatic N) is 2. The largest absolute Gasteiger partial charge is 0.380 e. The second kappa shape index (κ2) is 8.25. The number of nitrogens with one attached hydrogen (secondary N) is 1. The molecule has 1 aromatic heterocycles. The van der Waals surface area contributed by atoms with Crippen LogP contribution in [0.5, 0.6) is 0 Å². The Bertz CT molecular complexity index is 297. The van der Waals surface area contributed by atoms with E-state index in [1.54, 1.807) is 0 Å². The van der Waals surface area contributed by atoms with Crippen molar-refractivity contribution in [1.29, 1.82) is 0 Å². The second-order valence-corrected chi connectivity index (χ2v) is 4.65. The number of aromatic nitrogens is 2. The van der Waals surface area contributed by atoms with Crippen LogP contribution in [0.2, 0.25) is 0 Å². The van der Waals surface area contributed by atoms with Crippen molar-refractivity contribution < 1.29 is 4.74 Å². The van der Waals surface area contributed by atoms with Gasteiger partial charge in [-0.25, -0.2) is 4.98 Å². The molecule has 0 unspecified atom stereocenters. The Labute approximate surface area is 104 Å². The van der Waals surface area contributed by atoms with Crippen LogP contribution in [0.1, 0.15) is 32.9 Å². The summed E-state index contributed by atoms with van der Waals surface area (Å²) in [6.45, 7) is 10.9. The molecule has 4 heteroatoms. The molecule has 1 aromatic rings. The van der Waals surface area contributed by atoms with E-state index in [9.17, 15) is 0 Å². The summed E-state index contributed by atoms with van der Waals surface area (Å²) in [5.41, 5.74) is 1.22. The lowest BCUT2D eigenvalue weighted by molar-refractivity contribution is 0.115. The molecule has 0 aliphatic rings. The molecule has 0 radical (unpaired) electrons. The van der Waals surface area contributed by atoms with E-state index >= 15 is 0 Å². The maximum absolute atomic E-state index is 5.61. The minimum Gasteiger partial charge on any atom is -0.380 e. The highest BCUT2D eigenvalue weighted by Crippen LogP contribution is 2.01. The number of hydrogen-bond donors (Lipinski definition) is 1. The van der Waals surface area contributed by atoms with Gasteiger partial charge in [0.2, 0.25) is 0 Å². The highest BCUT2D eigenvalue weighted by Gasteiger charge is 2.01. The number of hydrogen-bond acceptors (Lipinski definition) is 3. The third-order valence-corrected chi connectivity index (χ3v) is 2.67. The third-order valence-electron chi connectivity index (χ3n) is 2.67. The molecule has 0 atom stereocenters. The van der Waals surface area contributed by atoms with Gasteiger partial charge in [-0.3, -0.25) is 0 Å². The molecule has 0 aliphatic heterocycles. The van der Waals surface area contributed by atoms with Gasteiger partial charge in [0.05, 0.1) is 18.6 Å². The van der Waals surface area contributed by atoms with Gasteiger partial charge in [0.25, 0.3) is 0 Å². The molecule has 0 bridgehead atoms. The minimum atomic E-state index is 0.715. The van der Waals surface area contributed by atoms with Gasteiger partial charge in [0.1, 0.15) is 0 Å². The van der Waals surface area contributed by atoms with Gasteiger partial charge in [-0.05, 0) is 18.9 Å². The smallest absolute Gasteiger partial charge is 0.0949 e. The van der Waals surface area contributed by atoms with E-state index in [-0.39, 0.29) is 0 Å². The maximum Gasteiger partial charge on any atom is 0.0949 e. The first-order valence-electron chi connectivity index (χ1n) is 6.51. The maximum atomic E-state index is 5.61. The Hall–Kier alpha value is -0.870. The topological polar surface area (TPSA) is 39.1 Å². The third kappa shape index (κ3) is 5.84. The fourth-order valence-corrected chi connectivity index (χ4v) is 1.53. The number of rotatable bonds is 9. The quantitative estimate of drug-likeness (QED) is 0.670. The van der Waals surface area contributed by atoms with Crippen molar-refractivity contribution >= 4 is 0 Å². The minimum absolute atomic E-state index is 0.715. The van der Waals surface area contributed by atoms with Crippen molar-refractivity contribution in [3.63, 3.8) is 0 Å². The average Bonchev–Trinajstić information content (AvgIpc) is 2.73. The monoisotopic (exact) mass is 239 g/mol. The lowest BCUT2D eigenvalue weighted by Gasteiger charge is -2.10. The lowest BCUT2D eigenvalue weighted by Crippen LogP contribution is -2.16. The molecule has 0 fully saturated rings. The highest BCUT2D eigenvalue weighted by molar-refractivity contribution is 4.97. The van der Waals surface area contributed by atoms with Crippen LogP contribution >= 0.6 is 0 Å². The molecular weight excluding hydrogens is 214 g/mol. The molecule has 1 rings (SSSR count). The van der Waals surface area contributed by atoms with Crippen molar-refractivity contribution in [1.82, 2.24) is 14.9 Å². The summed E-state index contributed by atoms with van der Waals surface area (Å²) >= 11 is 0. The van der Waals surface area contributed by atoms with Crippen molar-refractivity contribution in [2.75, 3.05) is 19.8 Å². The zero-order valence-corrected chi connectivity index (χ0v) is 11.3. The van der Waals surface area contributed by atoms with E-state index in [2.05, 4.69) is 35.6 Å². The molecule has 98 valence electrons. The summed E-state index contributed by atoms with van der Waals surface area (Å²) in [7, 11) is 0. The molecule has 1 N–H and O–H groups in total. The van der Waals surface area contributed by atoms with Crippen molar-refractivity contribution in [2.45, 2.75) is 40.3 Å². The van der Waals surface area contributed by atoms with E-state index in [1.165, 1.54) is 5.69 Å². The SMILES string of the molecule is CCNCc1cncn1CCOCCC(C)C. The van der Waals surface area contributed by atoms with Crippen LogP contribution in [0, 0.1) is 5.92 Å². The highest BCUT2D eigenvalue weighted by atomic mass is 16.5. The fraction of sp³-hybridized carbons (Fsp3) is 0.769. The van der Waals surface area contributed by atoms with Crippen LogP contribution in [0.25, 0.3) is 0 Å². The van der Waals surface area contributed by atoms with Gasteiger partial charge in [0.15, 0.2) is 0 Å². The van der Waals surface area contributed by atoms with Crippen LogP contribution < -0.4 is 5.32 Å². The van der Waals surface area contributed by atoms with Crippen molar-refractivity contribution in [2.24, 2.45) is 5.92 Å². The van der Waals surface area contributed by atoms with Crippen molar-refractivity contribution in [3.8, 4) is 0 Å². The van der Waals surface area contributed by atoms with Gasteiger partial charge >= 0.3 is 0 Å². The van der Waals surface area contributed by atoms with E-state index in [1.807, 2.05) is 12.5 Å². The van der Waals surface area contributed by atoms with Gasteiger partial charge in [-0.15, -0.1) is 0 Å². The summed E-state index contributed by atoms with van der Waals surface area (Å²) < 4.78 is 7.76. The summed E-state index contributed by atoms with van der Waals surface area (Å²) in [6.07, 6.45) is 4.92.